The van der Waals surface area contributed by atoms with E-state index in [4.69, 9.17) is 9.72 Å². The van der Waals surface area contributed by atoms with Gasteiger partial charge in [-0.2, -0.15) is 0 Å². The lowest BCUT2D eigenvalue weighted by atomic mass is 9.76. The van der Waals surface area contributed by atoms with Crippen molar-refractivity contribution in [3.63, 3.8) is 0 Å². The molecule has 3 heterocycles. The van der Waals surface area contributed by atoms with Gasteiger partial charge in [0, 0.05) is 50.9 Å². The first kappa shape index (κ1) is 20.0. The lowest BCUT2D eigenvalue weighted by molar-refractivity contribution is -0.134. The average Bonchev–Trinajstić information content (AvgIpc) is 3.21. The monoisotopic (exact) mass is 393 g/mol. The molecule has 2 atom stereocenters. The Morgan fingerprint density at radius 1 is 1.14 bits per heavy atom. The van der Waals surface area contributed by atoms with Gasteiger partial charge in [-0.3, -0.25) is 14.7 Å². The Morgan fingerprint density at radius 2 is 1.97 bits per heavy atom. The molecular weight excluding hydrogens is 362 g/mol. The van der Waals surface area contributed by atoms with Crippen LogP contribution in [-0.2, 0) is 22.5 Å². The molecule has 1 aromatic carbocycles. The second-order valence-electron chi connectivity index (χ2n) is 8.69. The van der Waals surface area contributed by atoms with Gasteiger partial charge in [0.2, 0.25) is 5.91 Å². The number of hydrogen-bond donors (Lipinski definition) is 0. The predicted molar refractivity (Wildman–Crippen MR) is 113 cm³/mol. The summed E-state index contributed by atoms with van der Waals surface area (Å²) in [4.78, 5) is 21.7. The molecule has 0 radical (unpaired) electrons. The Bertz CT molecular complexity index is 841. The number of hydrogen-bond acceptors (Lipinski definition) is 4. The van der Waals surface area contributed by atoms with Crippen LogP contribution in [0.4, 0.5) is 0 Å². The fourth-order valence-electron chi connectivity index (χ4n) is 5.13. The number of ether oxygens (including phenoxy) is 1. The molecular formula is C24H31N3O2. The topological polar surface area (TPSA) is 45.7 Å². The van der Waals surface area contributed by atoms with E-state index in [9.17, 15) is 4.79 Å². The highest BCUT2D eigenvalue weighted by Crippen LogP contribution is 2.46. The quantitative estimate of drug-likeness (QED) is 0.726. The predicted octanol–water partition coefficient (Wildman–Crippen LogP) is 2.93. The van der Waals surface area contributed by atoms with E-state index in [1.165, 1.54) is 5.56 Å². The van der Waals surface area contributed by atoms with Crippen molar-refractivity contribution in [3.8, 4) is 0 Å². The molecule has 2 saturated heterocycles. The van der Waals surface area contributed by atoms with Gasteiger partial charge in [-0.25, -0.2) is 0 Å². The summed E-state index contributed by atoms with van der Waals surface area (Å²) in [5.74, 6) is 0.629. The molecule has 2 aliphatic rings. The third-order valence-corrected chi connectivity index (χ3v) is 6.54. The van der Waals surface area contributed by atoms with Gasteiger partial charge < -0.3 is 9.64 Å². The van der Waals surface area contributed by atoms with Crippen molar-refractivity contribution in [1.82, 2.24) is 14.8 Å². The fourth-order valence-corrected chi connectivity index (χ4v) is 5.13. The SMILES string of the molecule is COCC(=O)N1CC2CN(Cc3cccc(C)n3)CC2(CCc2ccccc2)C1. The number of nitrogens with zero attached hydrogens (tertiary/aromatic N) is 3. The van der Waals surface area contributed by atoms with E-state index in [1.54, 1.807) is 7.11 Å². The summed E-state index contributed by atoms with van der Waals surface area (Å²) >= 11 is 0. The van der Waals surface area contributed by atoms with Crippen LogP contribution in [0.15, 0.2) is 48.5 Å². The molecule has 5 nitrogen and oxygen atoms in total. The van der Waals surface area contributed by atoms with E-state index >= 15 is 0 Å². The first-order valence-electron chi connectivity index (χ1n) is 10.5. The number of amides is 1. The van der Waals surface area contributed by atoms with Crippen LogP contribution >= 0.6 is 0 Å². The van der Waals surface area contributed by atoms with Gasteiger partial charge in [0.1, 0.15) is 6.61 Å². The Labute approximate surface area is 173 Å². The highest BCUT2D eigenvalue weighted by molar-refractivity contribution is 5.78. The van der Waals surface area contributed by atoms with Gasteiger partial charge in [-0.1, -0.05) is 36.4 Å². The molecule has 1 amide bonds. The number of pyridine rings is 1. The van der Waals surface area contributed by atoms with Crippen LogP contribution in [0.25, 0.3) is 0 Å². The Hall–Kier alpha value is -2.24. The van der Waals surface area contributed by atoms with Gasteiger partial charge in [0.15, 0.2) is 0 Å². The van der Waals surface area contributed by atoms with Gasteiger partial charge in [-0.05, 0) is 43.4 Å². The minimum atomic E-state index is 0.118. The van der Waals surface area contributed by atoms with Crippen molar-refractivity contribution in [1.29, 1.82) is 0 Å². The molecule has 2 unspecified atom stereocenters. The molecule has 4 rings (SSSR count). The Balaban J connectivity index is 1.48. The van der Waals surface area contributed by atoms with E-state index in [1.807, 2.05) is 17.9 Å². The largest absolute Gasteiger partial charge is 0.375 e. The van der Waals surface area contributed by atoms with Gasteiger partial charge in [-0.15, -0.1) is 0 Å². The van der Waals surface area contributed by atoms with Crippen molar-refractivity contribution < 1.29 is 9.53 Å². The number of fused-ring (bicyclic) bond motifs is 1. The summed E-state index contributed by atoms with van der Waals surface area (Å²) in [6, 6.07) is 16.9. The maximum absolute atomic E-state index is 12.5. The van der Waals surface area contributed by atoms with Crippen molar-refractivity contribution in [3.05, 3.63) is 65.5 Å². The molecule has 5 heteroatoms. The summed E-state index contributed by atoms with van der Waals surface area (Å²) in [7, 11) is 1.59. The lowest BCUT2D eigenvalue weighted by Gasteiger charge is -2.29. The van der Waals surface area contributed by atoms with Crippen molar-refractivity contribution in [2.75, 3.05) is 39.9 Å². The minimum Gasteiger partial charge on any atom is -0.375 e. The molecule has 0 bridgehead atoms. The standard InChI is InChI=1S/C24H31N3O2/c1-19-7-6-10-22(25-19)15-26-13-21-14-27(23(28)16-29-2)18-24(21,17-26)12-11-20-8-4-3-5-9-20/h3-10,21H,11-18H2,1-2H3. The normalized spacial score (nSPS) is 24.1. The molecule has 1 aromatic heterocycles. The van der Waals surface area contributed by atoms with Crippen LogP contribution in [0, 0.1) is 18.3 Å². The van der Waals surface area contributed by atoms with Crippen molar-refractivity contribution in [2.45, 2.75) is 26.3 Å². The third-order valence-electron chi connectivity index (χ3n) is 6.54. The number of aromatic nitrogens is 1. The number of methoxy groups -OCH3 is 1. The lowest BCUT2D eigenvalue weighted by Crippen LogP contribution is -2.38. The van der Waals surface area contributed by atoms with Crippen LogP contribution in [0.1, 0.15) is 23.4 Å². The molecule has 0 N–H and O–H groups in total. The Kier molecular flexibility index (Phi) is 5.97. The van der Waals surface area contributed by atoms with Crippen LogP contribution in [0.2, 0.25) is 0 Å². The summed E-state index contributed by atoms with van der Waals surface area (Å²) in [5, 5.41) is 0. The number of likely N-dealkylation sites (tertiary alicyclic amines) is 2. The summed E-state index contributed by atoms with van der Waals surface area (Å²) < 4.78 is 5.10. The number of carbonyl (C=O) groups is 1. The van der Waals surface area contributed by atoms with E-state index in [-0.39, 0.29) is 17.9 Å². The molecule has 2 aliphatic heterocycles. The van der Waals surface area contributed by atoms with Crippen LogP contribution in [0.3, 0.4) is 0 Å². The number of aryl methyl sites for hydroxylation is 2. The average molecular weight is 394 g/mol. The summed E-state index contributed by atoms with van der Waals surface area (Å²) in [6.45, 7) is 6.84. The zero-order valence-corrected chi connectivity index (χ0v) is 17.5. The smallest absolute Gasteiger partial charge is 0.248 e. The zero-order valence-electron chi connectivity index (χ0n) is 17.5. The minimum absolute atomic E-state index is 0.118. The second kappa shape index (κ2) is 8.64. The highest BCUT2D eigenvalue weighted by atomic mass is 16.5. The van der Waals surface area contributed by atoms with Crippen LogP contribution in [0.5, 0.6) is 0 Å². The van der Waals surface area contributed by atoms with Crippen LogP contribution in [-0.4, -0.2) is 60.6 Å². The highest BCUT2D eigenvalue weighted by Gasteiger charge is 2.52. The fraction of sp³-hybridized carbons (Fsp3) is 0.500. The van der Waals surface area contributed by atoms with Crippen LogP contribution < -0.4 is 0 Å². The number of carbonyl (C=O) groups excluding carboxylic acids is 1. The van der Waals surface area contributed by atoms with Gasteiger partial charge in [0.05, 0.1) is 5.69 Å². The third kappa shape index (κ3) is 4.51. The molecule has 154 valence electrons. The van der Waals surface area contributed by atoms with E-state index in [2.05, 4.69) is 47.4 Å². The van der Waals surface area contributed by atoms with Gasteiger partial charge >= 0.3 is 0 Å². The van der Waals surface area contributed by atoms with E-state index in [0.29, 0.717) is 5.92 Å². The van der Waals surface area contributed by atoms with Crippen molar-refractivity contribution in [2.24, 2.45) is 11.3 Å². The first-order valence-corrected chi connectivity index (χ1v) is 10.5. The number of benzene rings is 1. The van der Waals surface area contributed by atoms with E-state index in [0.717, 1.165) is 57.0 Å². The summed E-state index contributed by atoms with van der Waals surface area (Å²) in [5.41, 5.74) is 3.73. The molecule has 0 aliphatic carbocycles. The number of rotatable bonds is 7. The summed E-state index contributed by atoms with van der Waals surface area (Å²) in [6.07, 6.45) is 2.16. The molecule has 29 heavy (non-hydrogen) atoms. The van der Waals surface area contributed by atoms with Gasteiger partial charge in [0.25, 0.3) is 0 Å². The van der Waals surface area contributed by atoms with Crippen molar-refractivity contribution >= 4 is 5.91 Å². The maximum Gasteiger partial charge on any atom is 0.248 e. The molecule has 2 aromatic rings. The molecule has 2 fully saturated rings. The molecule has 0 saturated carbocycles. The first-order chi connectivity index (χ1) is 14.1. The zero-order chi connectivity index (χ0) is 20.3. The molecule has 0 spiro atoms. The Morgan fingerprint density at radius 3 is 2.72 bits per heavy atom. The van der Waals surface area contributed by atoms with E-state index < -0.39 is 0 Å². The second-order valence-corrected chi connectivity index (χ2v) is 8.69. The maximum atomic E-state index is 12.5.